The number of likely N-dealkylation sites (tertiary alicyclic amines) is 1. The van der Waals surface area contributed by atoms with E-state index in [1.54, 1.807) is 15.8 Å². The van der Waals surface area contributed by atoms with E-state index in [0.29, 0.717) is 24.6 Å². The molecule has 3 rings (SSSR count). The number of amides is 1. The lowest BCUT2D eigenvalue weighted by Gasteiger charge is -2.32. The van der Waals surface area contributed by atoms with Crippen molar-refractivity contribution in [2.24, 2.45) is 5.92 Å². The number of piperazine rings is 1. The van der Waals surface area contributed by atoms with Crippen molar-refractivity contribution in [2.75, 3.05) is 45.8 Å². The van der Waals surface area contributed by atoms with Crippen molar-refractivity contribution in [3.63, 3.8) is 0 Å². The predicted octanol–water partition coefficient (Wildman–Crippen LogP) is 1.95. The van der Waals surface area contributed by atoms with Crippen molar-refractivity contribution >= 4 is 27.3 Å². The molecular weight excluding hydrogens is 358 g/mol. The summed E-state index contributed by atoms with van der Waals surface area (Å²) in [5.41, 5.74) is 0.505. The smallest absolute Gasteiger partial charge is 0.254 e. The SMILES string of the molecule is CCN1CCN(S(=O)(=O)c2cc(C(=O)N3CCC(C)CC3)cs2)CC1. The molecular formula is C17H27N3O3S2. The third kappa shape index (κ3) is 4.07. The van der Waals surface area contributed by atoms with Gasteiger partial charge in [0, 0.05) is 44.6 Å². The van der Waals surface area contributed by atoms with Gasteiger partial charge in [-0.1, -0.05) is 13.8 Å². The number of carbonyl (C=O) groups is 1. The monoisotopic (exact) mass is 385 g/mol. The minimum Gasteiger partial charge on any atom is -0.339 e. The topological polar surface area (TPSA) is 60.9 Å². The van der Waals surface area contributed by atoms with Gasteiger partial charge < -0.3 is 9.80 Å². The highest BCUT2D eigenvalue weighted by atomic mass is 32.2. The summed E-state index contributed by atoms with van der Waals surface area (Å²) in [6.45, 7) is 9.31. The molecule has 2 aliphatic heterocycles. The summed E-state index contributed by atoms with van der Waals surface area (Å²) in [4.78, 5) is 16.7. The van der Waals surface area contributed by atoms with Crippen molar-refractivity contribution < 1.29 is 13.2 Å². The van der Waals surface area contributed by atoms with Crippen LogP contribution in [-0.4, -0.2) is 74.2 Å². The lowest BCUT2D eigenvalue weighted by molar-refractivity contribution is 0.0697. The van der Waals surface area contributed by atoms with Crippen LogP contribution >= 0.6 is 11.3 Å². The van der Waals surface area contributed by atoms with E-state index < -0.39 is 10.0 Å². The molecule has 0 saturated carbocycles. The van der Waals surface area contributed by atoms with Gasteiger partial charge in [-0.3, -0.25) is 4.79 Å². The molecule has 2 aliphatic rings. The molecule has 6 nitrogen and oxygen atoms in total. The Bertz CT molecular complexity index is 700. The highest BCUT2D eigenvalue weighted by molar-refractivity contribution is 7.91. The fourth-order valence-electron chi connectivity index (χ4n) is 3.37. The second-order valence-corrected chi connectivity index (χ2v) is 10.0. The molecule has 3 heterocycles. The Hall–Kier alpha value is -0.960. The Kier molecular flexibility index (Phi) is 5.82. The van der Waals surface area contributed by atoms with Crippen LogP contribution in [0.25, 0.3) is 0 Å². The van der Waals surface area contributed by atoms with Crippen LogP contribution in [0, 0.1) is 5.92 Å². The number of thiophene rings is 1. The van der Waals surface area contributed by atoms with Crippen molar-refractivity contribution in [3.8, 4) is 0 Å². The minimum atomic E-state index is -3.49. The molecule has 2 fully saturated rings. The van der Waals surface area contributed by atoms with Crippen molar-refractivity contribution in [2.45, 2.75) is 30.9 Å². The number of nitrogens with zero attached hydrogens (tertiary/aromatic N) is 3. The van der Waals surface area contributed by atoms with Crippen LogP contribution in [0.4, 0.5) is 0 Å². The highest BCUT2D eigenvalue weighted by Gasteiger charge is 2.30. The van der Waals surface area contributed by atoms with E-state index in [-0.39, 0.29) is 10.1 Å². The van der Waals surface area contributed by atoms with Crippen LogP contribution in [0.15, 0.2) is 15.7 Å². The molecule has 0 spiro atoms. The lowest BCUT2D eigenvalue weighted by atomic mass is 9.99. The number of hydrogen-bond acceptors (Lipinski definition) is 5. The molecule has 8 heteroatoms. The molecule has 0 aliphatic carbocycles. The van der Waals surface area contributed by atoms with Gasteiger partial charge in [-0.15, -0.1) is 11.3 Å². The molecule has 0 bridgehead atoms. The van der Waals surface area contributed by atoms with Crippen molar-refractivity contribution in [1.82, 2.24) is 14.1 Å². The fraction of sp³-hybridized carbons (Fsp3) is 0.706. The molecule has 25 heavy (non-hydrogen) atoms. The van der Waals surface area contributed by atoms with Gasteiger partial charge in [0.1, 0.15) is 4.21 Å². The summed E-state index contributed by atoms with van der Waals surface area (Å²) >= 11 is 1.16. The normalized spacial score (nSPS) is 21.6. The third-order valence-corrected chi connectivity index (χ3v) is 8.58. The largest absolute Gasteiger partial charge is 0.339 e. The highest BCUT2D eigenvalue weighted by Crippen LogP contribution is 2.27. The van der Waals surface area contributed by atoms with Gasteiger partial charge in [0.25, 0.3) is 15.9 Å². The van der Waals surface area contributed by atoms with E-state index in [1.807, 2.05) is 4.90 Å². The van der Waals surface area contributed by atoms with E-state index in [4.69, 9.17) is 0 Å². The first-order valence-corrected chi connectivity index (χ1v) is 11.3. The van der Waals surface area contributed by atoms with Crippen LogP contribution in [-0.2, 0) is 10.0 Å². The third-order valence-electron chi connectivity index (χ3n) is 5.27. The summed E-state index contributed by atoms with van der Waals surface area (Å²) in [5.74, 6) is 0.615. The minimum absolute atomic E-state index is 0.0413. The Morgan fingerprint density at radius 2 is 1.80 bits per heavy atom. The molecule has 0 N–H and O–H groups in total. The number of hydrogen-bond donors (Lipinski definition) is 0. The van der Waals surface area contributed by atoms with Crippen LogP contribution < -0.4 is 0 Å². The molecule has 0 unspecified atom stereocenters. The average Bonchev–Trinajstić information content (AvgIpc) is 3.13. The Morgan fingerprint density at radius 3 is 2.40 bits per heavy atom. The molecule has 1 amide bonds. The number of carbonyl (C=O) groups excluding carboxylic acids is 1. The van der Waals surface area contributed by atoms with Gasteiger partial charge >= 0.3 is 0 Å². The summed E-state index contributed by atoms with van der Waals surface area (Å²) in [5, 5.41) is 1.69. The zero-order valence-corrected chi connectivity index (χ0v) is 16.6. The van der Waals surface area contributed by atoms with Crippen molar-refractivity contribution in [1.29, 1.82) is 0 Å². The van der Waals surface area contributed by atoms with Gasteiger partial charge in [-0.2, -0.15) is 4.31 Å². The summed E-state index contributed by atoms with van der Waals surface area (Å²) < 4.78 is 27.5. The van der Waals surface area contributed by atoms with E-state index >= 15 is 0 Å². The maximum Gasteiger partial charge on any atom is 0.254 e. The molecule has 2 saturated heterocycles. The quantitative estimate of drug-likeness (QED) is 0.795. The second kappa shape index (κ2) is 7.73. The summed E-state index contributed by atoms with van der Waals surface area (Å²) in [6, 6.07) is 1.56. The summed E-state index contributed by atoms with van der Waals surface area (Å²) in [6.07, 6.45) is 2.03. The maximum absolute atomic E-state index is 12.8. The van der Waals surface area contributed by atoms with Gasteiger partial charge in [-0.25, -0.2) is 8.42 Å². The zero-order valence-electron chi connectivity index (χ0n) is 15.0. The Labute approximate surface area is 154 Å². The maximum atomic E-state index is 12.8. The standard InChI is InChI=1S/C17H27N3O3S2/c1-3-18-8-10-20(11-9-18)25(22,23)16-12-15(13-24-16)17(21)19-6-4-14(2)5-7-19/h12-14H,3-11H2,1-2H3. The molecule has 0 radical (unpaired) electrons. The molecule has 1 aromatic rings. The second-order valence-electron chi connectivity index (χ2n) is 6.97. The Morgan fingerprint density at radius 1 is 1.16 bits per heavy atom. The van der Waals surface area contributed by atoms with Crippen molar-refractivity contribution in [3.05, 3.63) is 17.0 Å². The Balaban J connectivity index is 1.69. The summed E-state index contributed by atoms with van der Waals surface area (Å²) in [7, 11) is -3.49. The van der Waals surface area contributed by atoms with Gasteiger partial charge in [0.15, 0.2) is 0 Å². The van der Waals surface area contributed by atoms with E-state index in [1.165, 1.54) is 0 Å². The molecule has 140 valence electrons. The number of rotatable bonds is 4. The van der Waals surface area contributed by atoms with Gasteiger partial charge in [0.2, 0.25) is 0 Å². The number of piperidine rings is 1. The fourth-order valence-corrected chi connectivity index (χ4v) is 6.10. The molecule has 0 atom stereocenters. The first-order chi connectivity index (χ1) is 11.9. The van der Waals surface area contributed by atoms with Crippen LogP contribution in [0.5, 0.6) is 0 Å². The van der Waals surface area contributed by atoms with Crippen LogP contribution in [0.3, 0.4) is 0 Å². The van der Waals surface area contributed by atoms with E-state index in [2.05, 4.69) is 18.7 Å². The zero-order chi connectivity index (χ0) is 18.0. The molecule has 1 aromatic heterocycles. The van der Waals surface area contributed by atoms with Gasteiger partial charge in [-0.05, 0) is 31.4 Å². The average molecular weight is 386 g/mol. The van der Waals surface area contributed by atoms with Crippen LogP contribution in [0.2, 0.25) is 0 Å². The number of sulfonamides is 1. The van der Waals surface area contributed by atoms with Crippen LogP contribution in [0.1, 0.15) is 37.0 Å². The first-order valence-electron chi connectivity index (χ1n) is 9.02. The van der Waals surface area contributed by atoms with E-state index in [0.717, 1.165) is 56.9 Å². The van der Waals surface area contributed by atoms with E-state index in [9.17, 15) is 13.2 Å². The lowest BCUT2D eigenvalue weighted by Crippen LogP contribution is -2.48. The first kappa shape index (κ1) is 18.8. The van der Waals surface area contributed by atoms with Gasteiger partial charge in [0.05, 0.1) is 5.56 Å². The number of likely N-dealkylation sites (N-methyl/N-ethyl adjacent to an activating group) is 1. The predicted molar refractivity (Wildman–Crippen MR) is 99.5 cm³/mol. The molecule has 0 aromatic carbocycles.